The number of anilines is 1. The fourth-order valence-corrected chi connectivity index (χ4v) is 5.82. The number of likely N-dealkylation sites (N-methyl/N-ethyl adjacent to an activating group) is 1. The maximum absolute atomic E-state index is 13.6. The number of carbonyl (C=O) groups is 1. The van der Waals surface area contributed by atoms with Crippen LogP contribution in [0.25, 0.3) is 10.2 Å². The molecule has 3 aromatic rings. The van der Waals surface area contributed by atoms with Gasteiger partial charge in [0.2, 0.25) is 0 Å². The second-order valence-electron chi connectivity index (χ2n) is 7.25. The van der Waals surface area contributed by atoms with Crippen LogP contribution in [0.4, 0.5) is 5.13 Å². The predicted octanol–water partition coefficient (Wildman–Crippen LogP) is 5.22. The van der Waals surface area contributed by atoms with Crippen LogP contribution in [-0.4, -0.2) is 62.4 Å². The highest BCUT2D eigenvalue weighted by molar-refractivity contribution is 7.98. The number of hydrogen-bond acceptors (Lipinski definition) is 7. The third kappa shape index (κ3) is 6.48. The van der Waals surface area contributed by atoms with Crippen LogP contribution in [0.2, 0.25) is 0 Å². The van der Waals surface area contributed by atoms with E-state index in [9.17, 15) is 13.2 Å². The molecule has 0 unspecified atom stereocenters. The molecule has 33 heavy (non-hydrogen) atoms. The topological polar surface area (TPSA) is 70.6 Å². The minimum Gasteiger partial charge on any atom is -0.302 e. The number of thiazole rings is 1. The van der Waals surface area contributed by atoms with Crippen molar-refractivity contribution >= 4 is 66.6 Å². The van der Waals surface area contributed by atoms with Gasteiger partial charge in [0.25, 0.3) is 5.91 Å². The zero-order chi connectivity index (χ0) is 23.3. The van der Waals surface area contributed by atoms with E-state index in [4.69, 9.17) is 4.98 Å². The maximum atomic E-state index is 13.6. The van der Waals surface area contributed by atoms with Crippen LogP contribution in [0.3, 0.4) is 0 Å². The fraction of sp³-hybridized carbons (Fsp3) is 0.391. The third-order valence-corrected chi connectivity index (χ3v) is 8.91. The lowest BCUT2D eigenvalue weighted by Gasteiger charge is -2.25. The van der Waals surface area contributed by atoms with Crippen molar-refractivity contribution in [1.29, 1.82) is 0 Å². The number of halogens is 1. The molecule has 0 spiro atoms. The minimum atomic E-state index is -3.40. The number of rotatable bonds is 10. The van der Waals surface area contributed by atoms with Crippen molar-refractivity contribution < 1.29 is 13.2 Å². The summed E-state index contributed by atoms with van der Waals surface area (Å²) in [6.45, 7) is 8.74. The number of nitrogens with zero attached hydrogens (tertiary/aromatic N) is 3. The van der Waals surface area contributed by atoms with Crippen LogP contribution >= 0.6 is 35.5 Å². The smallest absolute Gasteiger partial charge is 0.260 e. The van der Waals surface area contributed by atoms with Crippen molar-refractivity contribution in [1.82, 2.24) is 9.88 Å². The van der Waals surface area contributed by atoms with E-state index in [1.165, 1.54) is 23.5 Å². The Bertz CT molecular complexity index is 1190. The Hall–Kier alpha value is -1.65. The van der Waals surface area contributed by atoms with Gasteiger partial charge in [-0.3, -0.25) is 9.69 Å². The zero-order valence-corrected chi connectivity index (χ0v) is 22.5. The van der Waals surface area contributed by atoms with Gasteiger partial charge in [0, 0.05) is 23.5 Å². The number of aromatic nitrogens is 1. The van der Waals surface area contributed by atoms with E-state index in [0.29, 0.717) is 23.8 Å². The number of carbonyl (C=O) groups excluding carboxylic acids is 1. The number of sulfone groups is 1. The van der Waals surface area contributed by atoms with Crippen molar-refractivity contribution in [3.8, 4) is 0 Å². The van der Waals surface area contributed by atoms with Gasteiger partial charge < -0.3 is 4.90 Å². The summed E-state index contributed by atoms with van der Waals surface area (Å²) in [6, 6.07) is 12.4. The first-order valence-corrected chi connectivity index (χ1v) is 14.3. The summed E-state index contributed by atoms with van der Waals surface area (Å²) in [6.07, 6.45) is 2.03. The van der Waals surface area contributed by atoms with Crippen molar-refractivity contribution in [3.05, 3.63) is 48.0 Å². The van der Waals surface area contributed by atoms with Crippen molar-refractivity contribution in [3.63, 3.8) is 0 Å². The van der Waals surface area contributed by atoms with Gasteiger partial charge in [0.05, 0.1) is 20.9 Å². The van der Waals surface area contributed by atoms with Gasteiger partial charge in [-0.05, 0) is 55.7 Å². The molecule has 6 nitrogen and oxygen atoms in total. The number of amides is 1. The second-order valence-corrected chi connectivity index (χ2v) is 11.4. The molecule has 3 rings (SSSR count). The Kier molecular flexibility index (Phi) is 10.2. The van der Waals surface area contributed by atoms with E-state index in [1.807, 2.05) is 18.4 Å². The molecule has 0 N–H and O–H groups in total. The van der Waals surface area contributed by atoms with Crippen LogP contribution in [0.1, 0.15) is 31.1 Å². The highest BCUT2D eigenvalue weighted by Gasteiger charge is 2.23. The monoisotopic (exact) mass is 527 g/mol. The molecule has 1 heterocycles. The molecule has 10 heteroatoms. The number of thioether (sulfide) groups is 1. The normalized spacial score (nSPS) is 11.5. The van der Waals surface area contributed by atoms with Crippen LogP contribution in [0.5, 0.6) is 0 Å². The summed E-state index contributed by atoms with van der Waals surface area (Å²) in [5.41, 5.74) is 1.20. The molecule has 0 aliphatic carbocycles. The zero-order valence-electron chi connectivity index (χ0n) is 19.3. The summed E-state index contributed by atoms with van der Waals surface area (Å²) in [7, 11) is -3.40. The quantitative estimate of drug-likeness (QED) is 0.336. The molecule has 0 fully saturated rings. The average molecular weight is 528 g/mol. The fourth-order valence-electron chi connectivity index (χ4n) is 3.35. The molecule has 2 aromatic carbocycles. The molecular formula is C23H30ClN3O3S3. The molecule has 0 radical (unpaired) electrons. The van der Waals surface area contributed by atoms with Gasteiger partial charge in [0.15, 0.2) is 15.0 Å². The lowest BCUT2D eigenvalue weighted by Crippen LogP contribution is -2.39. The van der Waals surface area contributed by atoms with E-state index in [0.717, 1.165) is 28.2 Å². The van der Waals surface area contributed by atoms with Crippen molar-refractivity contribution in [2.45, 2.75) is 30.6 Å². The van der Waals surface area contributed by atoms with E-state index in [1.54, 1.807) is 35.7 Å². The molecule has 0 saturated carbocycles. The Morgan fingerprint density at radius 2 is 1.79 bits per heavy atom. The highest BCUT2D eigenvalue weighted by atomic mass is 35.5. The van der Waals surface area contributed by atoms with Crippen LogP contribution in [0, 0.1) is 0 Å². The molecule has 1 aromatic heterocycles. The predicted molar refractivity (Wildman–Crippen MR) is 142 cm³/mol. The molecule has 0 atom stereocenters. The second kappa shape index (κ2) is 12.2. The SMILES string of the molecule is CCN(CC)CCN(C(=O)c1cccc(S(=O)(=O)CC)c1)c1nc2ccc(SC)cc2s1.Cl. The Morgan fingerprint density at radius 1 is 1.06 bits per heavy atom. The molecule has 0 bridgehead atoms. The third-order valence-electron chi connectivity index (χ3n) is 5.41. The summed E-state index contributed by atoms with van der Waals surface area (Å²) < 4.78 is 25.7. The average Bonchev–Trinajstić information content (AvgIpc) is 3.24. The van der Waals surface area contributed by atoms with Gasteiger partial charge in [-0.15, -0.1) is 24.2 Å². The largest absolute Gasteiger partial charge is 0.302 e. The molecule has 0 aliphatic rings. The van der Waals surface area contributed by atoms with Crippen LogP contribution < -0.4 is 4.90 Å². The van der Waals surface area contributed by atoms with Gasteiger partial charge in [-0.1, -0.05) is 38.2 Å². The minimum absolute atomic E-state index is 0. The first-order chi connectivity index (χ1) is 15.3. The van der Waals surface area contributed by atoms with Crippen molar-refractivity contribution in [2.75, 3.05) is 43.1 Å². The number of hydrogen-bond donors (Lipinski definition) is 0. The number of fused-ring (bicyclic) bond motifs is 1. The first-order valence-electron chi connectivity index (χ1n) is 10.6. The summed E-state index contributed by atoms with van der Waals surface area (Å²) in [4.78, 5) is 23.5. The number of benzene rings is 2. The molecule has 0 aliphatic heterocycles. The lowest BCUT2D eigenvalue weighted by molar-refractivity contribution is 0.0983. The summed E-state index contributed by atoms with van der Waals surface area (Å²) >= 11 is 3.15. The standard InChI is InChI=1S/C23H29N3O3S3.ClH/c1-5-25(6-2)13-14-26(23-24-20-12-11-18(30-4)16-21(20)31-23)22(27)17-9-8-10-19(15-17)32(28,29)7-3;/h8-12,15-16H,5-7,13-14H2,1-4H3;1H. The summed E-state index contributed by atoms with van der Waals surface area (Å²) in [5, 5.41) is 0.624. The van der Waals surface area contributed by atoms with Crippen LogP contribution in [-0.2, 0) is 9.84 Å². The Balaban J connectivity index is 0.00000385. The molecular weight excluding hydrogens is 498 g/mol. The van der Waals surface area contributed by atoms with Gasteiger partial charge in [0.1, 0.15) is 0 Å². The Labute approximate surface area is 210 Å². The van der Waals surface area contributed by atoms with E-state index >= 15 is 0 Å². The molecule has 1 amide bonds. The molecule has 0 saturated heterocycles. The van der Waals surface area contributed by atoms with E-state index in [-0.39, 0.29) is 29.0 Å². The van der Waals surface area contributed by atoms with Crippen LogP contribution in [0.15, 0.2) is 52.3 Å². The molecule has 180 valence electrons. The van der Waals surface area contributed by atoms with E-state index in [2.05, 4.69) is 24.8 Å². The lowest BCUT2D eigenvalue weighted by atomic mass is 10.2. The summed E-state index contributed by atoms with van der Waals surface area (Å²) in [5.74, 6) is -0.249. The van der Waals surface area contributed by atoms with E-state index < -0.39 is 9.84 Å². The van der Waals surface area contributed by atoms with Gasteiger partial charge >= 0.3 is 0 Å². The Morgan fingerprint density at radius 3 is 2.42 bits per heavy atom. The highest BCUT2D eigenvalue weighted by Crippen LogP contribution is 2.32. The first kappa shape index (κ1) is 27.6. The van der Waals surface area contributed by atoms with Gasteiger partial charge in [-0.25, -0.2) is 13.4 Å². The van der Waals surface area contributed by atoms with Crippen molar-refractivity contribution in [2.24, 2.45) is 0 Å². The maximum Gasteiger partial charge on any atom is 0.260 e. The van der Waals surface area contributed by atoms with Gasteiger partial charge in [-0.2, -0.15) is 0 Å².